The second-order valence-corrected chi connectivity index (χ2v) is 4.14. The first-order valence-electron chi connectivity index (χ1n) is 5.82. The molecule has 0 spiro atoms. The number of anilines is 1. The van der Waals surface area contributed by atoms with Crippen molar-refractivity contribution in [2.45, 2.75) is 0 Å². The van der Waals surface area contributed by atoms with Crippen LogP contribution in [0.25, 0.3) is 22.5 Å². The lowest BCUT2D eigenvalue weighted by Gasteiger charge is -2.02. The molecule has 3 nitrogen and oxygen atoms in total. The van der Waals surface area contributed by atoms with Gasteiger partial charge in [-0.15, -0.1) is 0 Å². The Morgan fingerprint density at radius 3 is 2.26 bits per heavy atom. The van der Waals surface area contributed by atoms with Gasteiger partial charge in [0.05, 0.1) is 5.56 Å². The molecule has 0 saturated carbocycles. The summed E-state index contributed by atoms with van der Waals surface area (Å²) in [4.78, 5) is 0. The highest BCUT2D eigenvalue weighted by Crippen LogP contribution is 2.36. The molecule has 0 aliphatic heterocycles. The van der Waals surface area contributed by atoms with Gasteiger partial charge in [-0.2, -0.15) is 0 Å². The molecule has 94 valence electrons. The molecule has 0 unspecified atom stereocenters. The summed E-state index contributed by atoms with van der Waals surface area (Å²) < 4.78 is 18.3. The van der Waals surface area contributed by atoms with Crippen LogP contribution in [0.5, 0.6) is 0 Å². The van der Waals surface area contributed by atoms with Crippen LogP contribution in [-0.4, -0.2) is 5.16 Å². The van der Waals surface area contributed by atoms with Gasteiger partial charge in [0.1, 0.15) is 5.82 Å². The normalized spacial score (nSPS) is 10.6. The van der Waals surface area contributed by atoms with E-state index >= 15 is 0 Å². The van der Waals surface area contributed by atoms with Crippen molar-refractivity contribution in [2.75, 3.05) is 5.73 Å². The van der Waals surface area contributed by atoms with E-state index < -0.39 is 0 Å². The van der Waals surface area contributed by atoms with E-state index in [1.54, 1.807) is 12.1 Å². The van der Waals surface area contributed by atoms with Crippen LogP contribution in [0.3, 0.4) is 0 Å². The zero-order valence-electron chi connectivity index (χ0n) is 10.0. The van der Waals surface area contributed by atoms with E-state index in [-0.39, 0.29) is 5.82 Å². The van der Waals surface area contributed by atoms with Crippen molar-refractivity contribution in [3.63, 3.8) is 0 Å². The van der Waals surface area contributed by atoms with Crippen LogP contribution in [0, 0.1) is 5.82 Å². The van der Waals surface area contributed by atoms with Crippen LogP contribution in [0.15, 0.2) is 59.1 Å². The molecule has 0 aliphatic carbocycles. The molecule has 0 amide bonds. The molecule has 1 aromatic heterocycles. The first-order valence-corrected chi connectivity index (χ1v) is 5.82. The Hall–Kier alpha value is -2.62. The van der Waals surface area contributed by atoms with E-state index in [4.69, 9.17) is 10.3 Å². The van der Waals surface area contributed by atoms with Crippen molar-refractivity contribution in [3.8, 4) is 22.5 Å². The minimum Gasteiger partial charge on any atom is -0.380 e. The molecule has 0 bridgehead atoms. The number of hydrogen-bond acceptors (Lipinski definition) is 3. The number of benzene rings is 2. The van der Waals surface area contributed by atoms with E-state index in [1.165, 1.54) is 12.1 Å². The second-order valence-electron chi connectivity index (χ2n) is 4.14. The molecular formula is C15H11FN2O. The van der Waals surface area contributed by atoms with Gasteiger partial charge in [-0.05, 0) is 17.7 Å². The van der Waals surface area contributed by atoms with Crippen LogP contribution in [0.2, 0.25) is 0 Å². The topological polar surface area (TPSA) is 52.0 Å². The van der Waals surface area contributed by atoms with E-state index in [1.807, 2.05) is 30.3 Å². The summed E-state index contributed by atoms with van der Waals surface area (Å²) in [5.41, 5.74) is 8.19. The second kappa shape index (κ2) is 4.57. The van der Waals surface area contributed by atoms with Crippen molar-refractivity contribution in [2.24, 2.45) is 0 Å². The predicted octanol–water partition coefficient (Wildman–Crippen LogP) is 3.73. The highest BCUT2D eigenvalue weighted by Gasteiger charge is 2.17. The van der Waals surface area contributed by atoms with E-state index in [2.05, 4.69) is 5.16 Å². The maximum absolute atomic E-state index is 13.0. The summed E-state index contributed by atoms with van der Waals surface area (Å²) >= 11 is 0. The lowest BCUT2D eigenvalue weighted by atomic mass is 10.0. The zero-order chi connectivity index (χ0) is 13.2. The average molecular weight is 254 g/mol. The number of rotatable bonds is 2. The van der Waals surface area contributed by atoms with Crippen molar-refractivity contribution in [3.05, 3.63) is 60.4 Å². The number of halogens is 1. The third kappa shape index (κ3) is 2.08. The minimum absolute atomic E-state index is 0.292. The zero-order valence-corrected chi connectivity index (χ0v) is 10.0. The monoisotopic (exact) mass is 254 g/mol. The lowest BCUT2D eigenvalue weighted by Crippen LogP contribution is -1.89. The predicted molar refractivity (Wildman–Crippen MR) is 71.7 cm³/mol. The maximum atomic E-state index is 13.0. The largest absolute Gasteiger partial charge is 0.380 e. The Bertz CT molecular complexity index is 690. The molecule has 0 saturated heterocycles. The molecule has 0 fully saturated rings. The van der Waals surface area contributed by atoms with Crippen molar-refractivity contribution < 1.29 is 8.91 Å². The molecule has 2 aromatic carbocycles. The van der Waals surface area contributed by atoms with Crippen LogP contribution >= 0.6 is 0 Å². The van der Waals surface area contributed by atoms with E-state index in [0.29, 0.717) is 17.1 Å². The number of nitrogens with zero attached hydrogens (tertiary/aromatic N) is 1. The van der Waals surface area contributed by atoms with Gasteiger partial charge in [0.2, 0.25) is 0 Å². The van der Waals surface area contributed by atoms with Crippen molar-refractivity contribution in [1.82, 2.24) is 5.16 Å². The Morgan fingerprint density at radius 2 is 1.58 bits per heavy atom. The van der Waals surface area contributed by atoms with Crippen LogP contribution in [0.1, 0.15) is 0 Å². The average Bonchev–Trinajstić information content (AvgIpc) is 2.83. The Morgan fingerprint density at radius 1 is 0.895 bits per heavy atom. The third-order valence-corrected chi connectivity index (χ3v) is 2.89. The summed E-state index contributed by atoms with van der Waals surface area (Å²) in [7, 11) is 0. The molecular weight excluding hydrogens is 243 g/mol. The van der Waals surface area contributed by atoms with Gasteiger partial charge >= 0.3 is 0 Å². The molecule has 3 aromatic rings. The maximum Gasteiger partial charge on any atom is 0.176 e. The molecule has 3 rings (SSSR count). The lowest BCUT2D eigenvalue weighted by molar-refractivity contribution is 0.436. The first kappa shape index (κ1) is 11.5. The summed E-state index contributed by atoms with van der Waals surface area (Å²) in [6.07, 6.45) is 0. The van der Waals surface area contributed by atoms with Gasteiger partial charge < -0.3 is 10.3 Å². The number of nitrogen functional groups attached to an aromatic ring is 1. The van der Waals surface area contributed by atoms with Crippen LogP contribution in [-0.2, 0) is 0 Å². The Balaban J connectivity index is 2.17. The molecule has 1 heterocycles. The van der Waals surface area contributed by atoms with Gasteiger partial charge in [0.15, 0.2) is 11.6 Å². The highest BCUT2D eigenvalue weighted by atomic mass is 19.1. The van der Waals surface area contributed by atoms with Crippen LogP contribution in [0.4, 0.5) is 10.2 Å². The first-order chi connectivity index (χ1) is 9.25. The number of hydrogen-bond donors (Lipinski definition) is 1. The highest BCUT2D eigenvalue weighted by molar-refractivity contribution is 5.86. The minimum atomic E-state index is -0.292. The molecule has 19 heavy (non-hydrogen) atoms. The molecule has 0 atom stereocenters. The Kier molecular flexibility index (Phi) is 2.76. The fourth-order valence-corrected chi connectivity index (χ4v) is 1.98. The SMILES string of the molecule is Nc1noc(-c2ccccc2)c1-c1ccc(F)cc1. The fraction of sp³-hybridized carbons (Fsp3) is 0. The summed E-state index contributed by atoms with van der Waals surface area (Å²) in [5.74, 6) is 0.593. The van der Waals surface area contributed by atoms with Gasteiger partial charge in [-0.3, -0.25) is 0 Å². The van der Waals surface area contributed by atoms with Gasteiger partial charge in [0, 0.05) is 5.56 Å². The van der Waals surface area contributed by atoms with Gasteiger partial charge in [-0.25, -0.2) is 4.39 Å². The van der Waals surface area contributed by atoms with E-state index in [0.717, 1.165) is 11.1 Å². The Labute approximate surface area is 109 Å². The number of aromatic nitrogens is 1. The summed E-state index contributed by atoms with van der Waals surface area (Å²) in [5, 5.41) is 3.80. The van der Waals surface area contributed by atoms with Gasteiger partial charge in [-0.1, -0.05) is 47.6 Å². The quantitative estimate of drug-likeness (QED) is 0.758. The van der Waals surface area contributed by atoms with Crippen LogP contribution < -0.4 is 5.73 Å². The number of nitrogens with two attached hydrogens (primary N) is 1. The third-order valence-electron chi connectivity index (χ3n) is 2.89. The summed E-state index contributed by atoms with van der Waals surface area (Å²) in [6, 6.07) is 15.6. The fourth-order valence-electron chi connectivity index (χ4n) is 1.98. The smallest absolute Gasteiger partial charge is 0.176 e. The van der Waals surface area contributed by atoms with Crippen molar-refractivity contribution in [1.29, 1.82) is 0 Å². The molecule has 0 aliphatic rings. The summed E-state index contributed by atoms with van der Waals surface area (Å²) in [6.45, 7) is 0. The molecule has 4 heteroatoms. The standard InChI is InChI=1S/C15H11FN2O/c16-12-8-6-10(7-9-12)13-14(19-18-15(13)17)11-4-2-1-3-5-11/h1-9H,(H2,17,18). The molecule has 2 N–H and O–H groups in total. The van der Waals surface area contributed by atoms with Gasteiger partial charge in [0.25, 0.3) is 0 Å². The van der Waals surface area contributed by atoms with E-state index in [9.17, 15) is 4.39 Å². The van der Waals surface area contributed by atoms with Crippen molar-refractivity contribution >= 4 is 5.82 Å². The molecule has 0 radical (unpaired) electrons.